The van der Waals surface area contributed by atoms with Gasteiger partial charge in [-0.2, -0.15) is 0 Å². The van der Waals surface area contributed by atoms with Crippen LogP contribution in [0.4, 0.5) is 0 Å². The van der Waals surface area contributed by atoms with Gasteiger partial charge in [0.15, 0.2) is 0 Å². The molecule has 1 N–H and O–H groups in total. The Morgan fingerprint density at radius 1 is 1.05 bits per heavy atom. The Labute approximate surface area is 124 Å². The smallest absolute Gasteiger partial charge is 0.241 e. The van der Waals surface area contributed by atoms with E-state index in [-0.39, 0.29) is 4.90 Å². The van der Waals surface area contributed by atoms with E-state index in [4.69, 9.17) is 4.74 Å². The number of rotatable bonds is 3. The molecule has 0 spiro atoms. The molecule has 2 aromatic rings. The van der Waals surface area contributed by atoms with Crippen LogP contribution in [0.25, 0.3) is 0 Å². The lowest BCUT2D eigenvalue weighted by molar-refractivity contribution is 0.414. The van der Waals surface area contributed by atoms with Crippen LogP contribution in [0.2, 0.25) is 0 Å². The van der Waals surface area contributed by atoms with E-state index in [0.717, 1.165) is 5.56 Å². The highest BCUT2D eigenvalue weighted by Gasteiger charge is 2.16. The molecule has 0 bridgehead atoms. The Hall–Kier alpha value is -2.29. The van der Waals surface area contributed by atoms with E-state index in [2.05, 4.69) is 16.6 Å². The summed E-state index contributed by atoms with van der Waals surface area (Å²) in [6.45, 7) is 0. The van der Waals surface area contributed by atoms with Crippen molar-refractivity contribution in [1.29, 1.82) is 0 Å². The Morgan fingerprint density at radius 3 is 2.38 bits per heavy atom. The van der Waals surface area contributed by atoms with E-state index in [1.54, 1.807) is 12.1 Å². The molecule has 0 aromatic heterocycles. The lowest BCUT2D eigenvalue weighted by atomic mass is 10.2. The first kappa shape index (κ1) is 15.1. The minimum absolute atomic E-state index is 0.134. The molecule has 108 valence electrons. The molecule has 0 aliphatic heterocycles. The molecule has 0 saturated heterocycles. The minimum atomic E-state index is -3.57. The first-order valence-electron chi connectivity index (χ1n) is 6.25. The van der Waals surface area contributed by atoms with Crippen molar-refractivity contribution in [1.82, 2.24) is 4.72 Å². The van der Waals surface area contributed by atoms with E-state index in [1.165, 1.54) is 20.2 Å². The van der Waals surface area contributed by atoms with Crippen molar-refractivity contribution >= 4 is 10.0 Å². The second-order valence-corrected chi connectivity index (χ2v) is 6.04. The summed E-state index contributed by atoms with van der Waals surface area (Å²) in [5.41, 5.74) is 1.21. The summed E-state index contributed by atoms with van der Waals surface area (Å²) in [5.74, 6) is 6.40. The quantitative estimate of drug-likeness (QED) is 0.882. The molecule has 0 fully saturated rings. The van der Waals surface area contributed by atoms with Crippen molar-refractivity contribution in [2.24, 2.45) is 0 Å². The van der Waals surface area contributed by atoms with Gasteiger partial charge in [0.05, 0.1) is 12.0 Å². The van der Waals surface area contributed by atoms with Gasteiger partial charge < -0.3 is 4.74 Å². The zero-order valence-corrected chi connectivity index (χ0v) is 12.6. The van der Waals surface area contributed by atoms with E-state index in [1.807, 2.05) is 30.3 Å². The summed E-state index contributed by atoms with van der Waals surface area (Å²) < 4.78 is 31.4. The van der Waals surface area contributed by atoms with Crippen LogP contribution in [0, 0.1) is 11.8 Å². The fourth-order valence-electron chi connectivity index (χ4n) is 1.74. The van der Waals surface area contributed by atoms with E-state index in [0.29, 0.717) is 11.3 Å². The molecule has 0 heterocycles. The normalized spacial score (nSPS) is 10.6. The molecule has 2 rings (SSSR count). The van der Waals surface area contributed by atoms with Gasteiger partial charge in [-0.1, -0.05) is 30.0 Å². The Bertz CT molecular complexity index is 787. The van der Waals surface area contributed by atoms with Crippen LogP contribution in [-0.2, 0) is 10.0 Å². The van der Waals surface area contributed by atoms with Crippen molar-refractivity contribution in [3.05, 3.63) is 59.7 Å². The number of benzene rings is 2. The van der Waals surface area contributed by atoms with Crippen LogP contribution >= 0.6 is 0 Å². The number of hydrogen-bond donors (Lipinski definition) is 1. The molecule has 0 atom stereocenters. The summed E-state index contributed by atoms with van der Waals surface area (Å²) >= 11 is 0. The predicted octanol–water partition coefficient (Wildman–Crippen LogP) is 2.00. The molecule has 0 aliphatic carbocycles. The van der Waals surface area contributed by atoms with Crippen molar-refractivity contribution in [2.45, 2.75) is 4.90 Å². The maximum Gasteiger partial charge on any atom is 0.241 e. The van der Waals surface area contributed by atoms with Gasteiger partial charge in [0.1, 0.15) is 5.75 Å². The maximum absolute atomic E-state index is 12.0. The van der Waals surface area contributed by atoms with Gasteiger partial charge in [-0.05, 0) is 37.4 Å². The highest BCUT2D eigenvalue weighted by Crippen LogP contribution is 2.21. The van der Waals surface area contributed by atoms with Gasteiger partial charge in [0.25, 0.3) is 0 Å². The molecule has 0 unspecified atom stereocenters. The maximum atomic E-state index is 12.0. The summed E-state index contributed by atoms with van der Waals surface area (Å²) in [6.07, 6.45) is 0. The molecule has 21 heavy (non-hydrogen) atoms. The third-order valence-corrected chi connectivity index (χ3v) is 4.33. The fraction of sp³-hybridized carbons (Fsp3) is 0.125. The second-order valence-electron chi connectivity index (χ2n) is 4.19. The van der Waals surface area contributed by atoms with E-state index < -0.39 is 10.0 Å². The van der Waals surface area contributed by atoms with Crippen molar-refractivity contribution < 1.29 is 13.2 Å². The van der Waals surface area contributed by atoms with Crippen molar-refractivity contribution in [2.75, 3.05) is 14.2 Å². The third-order valence-electron chi connectivity index (χ3n) is 2.86. The van der Waals surface area contributed by atoms with Gasteiger partial charge in [-0.25, -0.2) is 13.1 Å². The topological polar surface area (TPSA) is 55.4 Å². The van der Waals surface area contributed by atoms with Crippen molar-refractivity contribution in [3.8, 4) is 17.6 Å². The zero-order valence-electron chi connectivity index (χ0n) is 11.8. The fourth-order valence-corrected chi connectivity index (χ4v) is 2.61. The minimum Gasteiger partial charge on any atom is -0.497 e. The van der Waals surface area contributed by atoms with Gasteiger partial charge >= 0.3 is 0 Å². The van der Waals surface area contributed by atoms with Gasteiger partial charge in [0.2, 0.25) is 10.0 Å². The van der Waals surface area contributed by atoms with Crippen LogP contribution in [-0.4, -0.2) is 22.6 Å². The number of sulfonamides is 1. The Kier molecular flexibility index (Phi) is 4.63. The molecule has 5 heteroatoms. The first-order valence-corrected chi connectivity index (χ1v) is 7.74. The van der Waals surface area contributed by atoms with E-state index in [9.17, 15) is 8.42 Å². The van der Waals surface area contributed by atoms with Crippen LogP contribution in [0.1, 0.15) is 11.1 Å². The molecule has 0 saturated carbocycles. The number of hydrogen-bond acceptors (Lipinski definition) is 3. The number of nitrogens with one attached hydrogen (secondary N) is 1. The predicted molar refractivity (Wildman–Crippen MR) is 81.7 cm³/mol. The average Bonchev–Trinajstić information content (AvgIpc) is 2.53. The Morgan fingerprint density at radius 2 is 1.76 bits per heavy atom. The van der Waals surface area contributed by atoms with Crippen LogP contribution in [0.15, 0.2) is 53.4 Å². The van der Waals surface area contributed by atoms with Gasteiger partial charge in [0, 0.05) is 11.1 Å². The first-order chi connectivity index (χ1) is 10.1. The lowest BCUT2D eigenvalue weighted by Crippen LogP contribution is -2.19. The summed E-state index contributed by atoms with van der Waals surface area (Å²) in [6, 6.07) is 14.1. The number of methoxy groups -OCH3 is 1. The third kappa shape index (κ3) is 3.63. The molecular weight excluding hydrogens is 286 g/mol. The molecular formula is C16H15NO3S. The van der Waals surface area contributed by atoms with Crippen LogP contribution in [0.3, 0.4) is 0 Å². The number of ether oxygens (including phenoxy) is 1. The van der Waals surface area contributed by atoms with Crippen molar-refractivity contribution in [3.63, 3.8) is 0 Å². The summed E-state index contributed by atoms with van der Waals surface area (Å²) in [7, 11) is -0.673. The monoisotopic (exact) mass is 301 g/mol. The molecule has 0 aliphatic rings. The molecule has 2 aromatic carbocycles. The zero-order chi connectivity index (χ0) is 15.3. The van der Waals surface area contributed by atoms with Gasteiger partial charge in [-0.15, -0.1) is 0 Å². The highest BCUT2D eigenvalue weighted by molar-refractivity contribution is 7.89. The second kappa shape index (κ2) is 6.44. The SMILES string of the molecule is CNS(=O)(=O)c1ccc(OC)cc1C#Cc1ccccc1. The van der Waals surface area contributed by atoms with Crippen LogP contribution in [0.5, 0.6) is 5.75 Å². The average molecular weight is 301 g/mol. The molecule has 0 amide bonds. The lowest BCUT2D eigenvalue weighted by Gasteiger charge is -2.07. The molecule has 0 radical (unpaired) electrons. The molecule has 4 nitrogen and oxygen atoms in total. The summed E-state index contributed by atoms with van der Waals surface area (Å²) in [4.78, 5) is 0.134. The summed E-state index contributed by atoms with van der Waals surface area (Å²) in [5, 5.41) is 0. The highest BCUT2D eigenvalue weighted by atomic mass is 32.2. The van der Waals surface area contributed by atoms with E-state index >= 15 is 0 Å². The van der Waals surface area contributed by atoms with Gasteiger partial charge in [-0.3, -0.25) is 0 Å². The largest absolute Gasteiger partial charge is 0.497 e. The Balaban J connectivity index is 2.54. The van der Waals surface area contributed by atoms with Crippen LogP contribution < -0.4 is 9.46 Å². The standard InChI is InChI=1S/C16H15NO3S/c1-17-21(18,19)16-11-10-15(20-2)12-14(16)9-8-13-6-4-3-5-7-13/h3-7,10-12,17H,1-2H3.